The number of unbranched alkanes of at least 4 members (excludes halogenated alkanes) is 1. The summed E-state index contributed by atoms with van der Waals surface area (Å²) in [5, 5.41) is 37.9. The largest absolute Gasteiger partial charge is 0.504 e. The SMILES string of the molecule is CCCCOC(=O)[C@H](Cc1ccc(O)c(O)c1)OC(=O)/C=C/c1ccc(O)c(O)c1. The molecular weight excluding hydrogens is 392 g/mol. The quantitative estimate of drug-likeness (QED) is 0.212. The third-order valence-corrected chi connectivity index (χ3v) is 4.14. The van der Waals surface area contributed by atoms with Crippen LogP contribution in [0.5, 0.6) is 23.0 Å². The number of benzene rings is 2. The van der Waals surface area contributed by atoms with E-state index in [1.165, 1.54) is 42.5 Å². The van der Waals surface area contributed by atoms with Gasteiger partial charge in [0, 0.05) is 12.5 Å². The second kappa shape index (κ2) is 10.8. The number of aromatic hydroxyl groups is 4. The van der Waals surface area contributed by atoms with E-state index in [0.29, 0.717) is 17.5 Å². The smallest absolute Gasteiger partial charge is 0.347 e. The number of hydrogen-bond donors (Lipinski definition) is 4. The Balaban J connectivity index is 2.10. The zero-order valence-electron chi connectivity index (χ0n) is 16.4. The molecule has 0 aliphatic carbocycles. The first kappa shape index (κ1) is 22.6. The standard InChI is InChI=1S/C22H24O8/c1-2-3-10-29-22(28)20(13-15-5-8-17(24)19(26)12-15)30-21(27)9-6-14-4-7-16(23)18(25)11-14/h4-9,11-12,20,23-26H,2-3,10,13H2,1H3/b9-6+/t20-/m0/s1. The predicted molar refractivity (Wildman–Crippen MR) is 108 cm³/mol. The Labute approximate surface area is 173 Å². The topological polar surface area (TPSA) is 134 Å². The summed E-state index contributed by atoms with van der Waals surface area (Å²) in [6, 6.07) is 8.03. The fourth-order valence-electron chi connectivity index (χ4n) is 2.48. The maximum absolute atomic E-state index is 12.4. The van der Waals surface area contributed by atoms with E-state index in [-0.39, 0.29) is 36.0 Å². The van der Waals surface area contributed by atoms with E-state index >= 15 is 0 Å². The Hall–Kier alpha value is -3.68. The Morgan fingerprint density at radius 2 is 1.63 bits per heavy atom. The molecule has 8 nitrogen and oxygen atoms in total. The summed E-state index contributed by atoms with van der Waals surface area (Å²) in [6.45, 7) is 2.13. The number of hydrogen-bond acceptors (Lipinski definition) is 8. The highest BCUT2D eigenvalue weighted by Crippen LogP contribution is 2.26. The van der Waals surface area contributed by atoms with Crippen molar-refractivity contribution in [1.29, 1.82) is 0 Å². The highest BCUT2D eigenvalue weighted by atomic mass is 16.6. The van der Waals surface area contributed by atoms with Crippen molar-refractivity contribution in [3.05, 3.63) is 53.6 Å². The van der Waals surface area contributed by atoms with Gasteiger partial charge in [-0.3, -0.25) is 0 Å². The molecule has 30 heavy (non-hydrogen) atoms. The first-order chi connectivity index (χ1) is 14.3. The number of carbonyl (C=O) groups excluding carboxylic acids is 2. The number of esters is 2. The zero-order valence-corrected chi connectivity index (χ0v) is 16.4. The van der Waals surface area contributed by atoms with E-state index in [0.717, 1.165) is 12.5 Å². The van der Waals surface area contributed by atoms with Crippen molar-refractivity contribution in [3.63, 3.8) is 0 Å². The normalized spacial score (nSPS) is 11.9. The predicted octanol–water partition coefficient (Wildman–Crippen LogP) is 3.02. The molecule has 0 aliphatic rings. The summed E-state index contributed by atoms with van der Waals surface area (Å²) in [6.07, 6.45) is 2.61. The van der Waals surface area contributed by atoms with Crippen molar-refractivity contribution in [3.8, 4) is 23.0 Å². The Morgan fingerprint density at radius 1 is 0.967 bits per heavy atom. The molecule has 0 heterocycles. The third-order valence-electron chi connectivity index (χ3n) is 4.14. The van der Waals surface area contributed by atoms with Crippen LogP contribution in [0.3, 0.4) is 0 Å². The molecule has 1 atom stereocenters. The van der Waals surface area contributed by atoms with Crippen molar-refractivity contribution in [2.24, 2.45) is 0 Å². The highest BCUT2D eigenvalue weighted by molar-refractivity contribution is 5.89. The molecule has 4 N–H and O–H groups in total. The number of ether oxygens (including phenoxy) is 2. The second-order valence-electron chi connectivity index (χ2n) is 6.56. The van der Waals surface area contributed by atoms with Gasteiger partial charge in [-0.25, -0.2) is 9.59 Å². The van der Waals surface area contributed by atoms with Crippen molar-refractivity contribution >= 4 is 18.0 Å². The Bertz CT molecular complexity index is 919. The molecule has 2 aromatic rings. The molecule has 2 rings (SSSR count). The minimum absolute atomic E-state index is 0.0572. The number of carbonyl (C=O) groups is 2. The van der Waals surface area contributed by atoms with Crippen molar-refractivity contribution in [2.75, 3.05) is 6.61 Å². The Kier molecular flexibility index (Phi) is 8.10. The van der Waals surface area contributed by atoms with Crippen molar-refractivity contribution in [1.82, 2.24) is 0 Å². The van der Waals surface area contributed by atoms with Gasteiger partial charge < -0.3 is 29.9 Å². The molecule has 0 bridgehead atoms. The zero-order chi connectivity index (χ0) is 22.1. The molecule has 0 unspecified atom stereocenters. The molecule has 0 amide bonds. The molecule has 0 saturated heterocycles. The lowest BCUT2D eigenvalue weighted by molar-refractivity contribution is -0.165. The second-order valence-corrected chi connectivity index (χ2v) is 6.56. The van der Waals surface area contributed by atoms with Crippen LogP contribution in [0.15, 0.2) is 42.5 Å². The summed E-state index contributed by atoms with van der Waals surface area (Å²) in [4.78, 5) is 24.6. The molecule has 0 saturated carbocycles. The minimum atomic E-state index is -1.25. The molecule has 160 valence electrons. The molecule has 8 heteroatoms. The summed E-state index contributed by atoms with van der Waals surface area (Å²) in [5.74, 6) is -2.83. The fourth-order valence-corrected chi connectivity index (χ4v) is 2.48. The third kappa shape index (κ3) is 6.73. The van der Waals surface area contributed by atoms with E-state index in [4.69, 9.17) is 9.47 Å². The first-order valence-corrected chi connectivity index (χ1v) is 9.38. The molecule has 0 spiro atoms. The van der Waals surface area contributed by atoms with E-state index in [2.05, 4.69) is 0 Å². The molecule has 2 aromatic carbocycles. The van der Waals surface area contributed by atoms with Gasteiger partial charge in [0.1, 0.15) is 0 Å². The van der Waals surface area contributed by atoms with Gasteiger partial charge in [-0.05, 0) is 47.9 Å². The van der Waals surface area contributed by atoms with Crippen LogP contribution in [-0.2, 0) is 25.5 Å². The van der Waals surface area contributed by atoms with Gasteiger partial charge in [0.05, 0.1) is 6.61 Å². The summed E-state index contributed by atoms with van der Waals surface area (Å²) >= 11 is 0. The van der Waals surface area contributed by atoms with Crippen LogP contribution in [-0.4, -0.2) is 45.1 Å². The van der Waals surface area contributed by atoms with Gasteiger partial charge in [0.15, 0.2) is 23.0 Å². The monoisotopic (exact) mass is 416 g/mol. The van der Waals surface area contributed by atoms with Gasteiger partial charge >= 0.3 is 11.9 Å². The van der Waals surface area contributed by atoms with Crippen LogP contribution in [0.2, 0.25) is 0 Å². The summed E-state index contributed by atoms with van der Waals surface area (Å²) in [7, 11) is 0. The lowest BCUT2D eigenvalue weighted by Crippen LogP contribution is -2.31. The maximum atomic E-state index is 12.4. The van der Waals surface area contributed by atoms with Gasteiger partial charge in [0.2, 0.25) is 6.10 Å². The number of rotatable bonds is 9. The van der Waals surface area contributed by atoms with Gasteiger partial charge in [-0.15, -0.1) is 0 Å². The molecule has 0 radical (unpaired) electrons. The van der Waals surface area contributed by atoms with Crippen LogP contribution in [0.25, 0.3) is 6.08 Å². The van der Waals surface area contributed by atoms with Crippen LogP contribution in [0, 0.1) is 0 Å². The van der Waals surface area contributed by atoms with Gasteiger partial charge in [0.25, 0.3) is 0 Å². The summed E-state index contributed by atoms with van der Waals surface area (Å²) in [5.41, 5.74) is 0.899. The average Bonchev–Trinajstić information content (AvgIpc) is 2.71. The lowest BCUT2D eigenvalue weighted by Gasteiger charge is -2.16. The van der Waals surface area contributed by atoms with Crippen LogP contribution >= 0.6 is 0 Å². The van der Waals surface area contributed by atoms with E-state index in [1.54, 1.807) is 0 Å². The number of phenols is 4. The molecule has 0 aromatic heterocycles. The van der Waals surface area contributed by atoms with Crippen molar-refractivity contribution < 1.29 is 39.5 Å². The lowest BCUT2D eigenvalue weighted by atomic mass is 10.1. The van der Waals surface area contributed by atoms with Crippen LogP contribution in [0.1, 0.15) is 30.9 Å². The molecule has 0 fully saturated rings. The van der Waals surface area contributed by atoms with Gasteiger partial charge in [-0.1, -0.05) is 25.5 Å². The first-order valence-electron chi connectivity index (χ1n) is 9.38. The van der Waals surface area contributed by atoms with Gasteiger partial charge in [-0.2, -0.15) is 0 Å². The van der Waals surface area contributed by atoms with E-state index < -0.39 is 18.0 Å². The number of phenolic OH excluding ortho intramolecular Hbond substituents is 4. The van der Waals surface area contributed by atoms with E-state index in [9.17, 15) is 30.0 Å². The molecule has 0 aliphatic heterocycles. The van der Waals surface area contributed by atoms with Crippen LogP contribution < -0.4 is 0 Å². The Morgan fingerprint density at radius 3 is 2.27 bits per heavy atom. The summed E-state index contributed by atoms with van der Waals surface area (Å²) < 4.78 is 10.4. The van der Waals surface area contributed by atoms with E-state index in [1.807, 2.05) is 6.92 Å². The average molecular weight is 416 g/mol. The fraction of sp³-hybridized carbons (Fsp3) is 0.273. The minimum Gasteiger partial charge on any atom is -0.504 e. The van der Waals surface area contributed by atoms with Crippen molar-refractivity contribution in [2.45, 2.75) is 32.3 Å². The maximum Gasteiger partial charge on any atom is 0.347 e. The van der Waals surface area contributed by atoms with Crippen LogP contribution in [0.4, 0.5) is 0 Å². The highest BCUT2D eigenvalue weighted by Gasteiger charge is 2.24. The molecular formula is C22H24O8.